The van der Waals surface area contributed by atoms with Gasteiger partial charge >= 0.3 is 0 Å². The number of nitrogens with one attached hydrogen (secondary N) is 1. The summed E-state index contributed by atoms with van der Waals surface area (Å²) >= 11 is 0. The van der Waals surface area contributed by atoms with Crippen LogP contribution in [0.5, 0.6) is 0 Å². The Bertz CT molecular complexity index is 920. The first kappa shape index (κ1) is 20.4. The van der Waals surface area contributed by atoms with Crippen LogP contribution in [0.2, 0.25) is 0 Å². The molecule has 2 aliphatic carbocycles. The predicted octanol–water partition coefficient (Wildman–Crippen LogP) is 5.00. The molecular formula is C25H34N2O. The highest BCUT2D eigenvalue weighted by molar-refractivity contribution is 5.61. The molecule has 1 N–H and O–H groups in total. The van der Waals surface area contributed by atoms with Crippen molar-refractivity contribution in [3.8, 4) is 0 Å². The number of nitrogens with zero attached hydrogens (tertiary/aromatic N) is 1. The molecule has 3 heteroatoms. The summed E-state index contributed by atoms with van der Waals surface area (Å²) in [6.45, 7) is 12.8. The molecule has 1 atom stereocenters. The molecule has 1 fully saturated rings. The van der Waals surface area contributed by atoms with E-state index in [1.165, 1.54) is 24.8 Å². The lowest BCUT2D eigenvalue weighted by atomic mass is 9.97. The molecule has 1 aromatic heterocycles. The average molecular weight is 379 g/mol. The summed E-state index contributed by atoms with van der Waals surface area (Å²) in [5, 5.41) is 9.67. The van der Waals surface area contributed by atoms with Crippen LogP contribution in [0, 0.1) is 12.8 Å². The van der Waals surface area contributed by atoms with Crippen molar-refractivity contribution < 1.29 is 4.74 Å². The van der Waals surface area contributed by atoms with E-state index < -0.39 is 0 Å². The lowest BCUT2D eigenvalue weighted by Crippen LogP contribution is -2.29. The minimum absolute atomic E-state index is 0.338. The highest BCUT2D eigenvalue weighted by atomic mass is 16.5. The Morgan fingerprint density at radius 2 is 2.04 bits per heavy atom. The summed E-state index contributed by atoms with van der Waals surface area (Å²) in [5.74, 6) is 1.50. The molecule has 1 aromatic rings. The fourth-order valence-electron chi connectivity index (χ4n) is 4.22. The van der Waals surface area contributed by atoms with Gasteiger partial charge in [-0.15, -0.1) is 0 Å². The van der Waals surface area contributed by atoms with Crippen molar-refractivity contribution in [2.45, 2.75) is 72.3 Å². The van der Waals surface area contributed by atoms with Gasteiger partial charge in [-0.1, -0.05) is 44.2 Å². The number of aromatic nitrogens is 2. The number of H-pyrrole nitrogens is 1. The fraction of sp³-hybridized carbons (Fsp3) is 0.480. The molecule has 1 unspecified atom stereocenters. The van der Waals surface area contributed by atoms with Gasteiger partial charge in [0.1, 0.15) is 5.76 Å². The molecule has 28 heavy (non-hydrogen) atoms. The van der Waals surface area contributed by atoms with Gasteiger partial charge in [0.2, 0.25) is 0 Å². The molecule has 1 heterocycles. The Morgan fingerprint density at radius 3 is 2.75 bits per heavy atom. The maximum Gasteiger partial charge on any atom is 0.105 e. The van der Waals surface area contributed by atoms with E-state index in [1.54, 1.807) is 0 Å². The SMILES string of the molecule is C=C(C=c1[nH]nc(C)c1=C(C)OC1CCCCC1)C1=CC(=CC)C(C)CC=C1. The molecule has 2 aliphatic rings. The number of rotatable bonds is 4. The molecule has 3 rings (SSSR count). The van der Waals surface area contributed by atoms with E-state index in [0.29, 0.717) is 12.0 Å². The van der Waals surface area contributed by atoms with E-state index in [-0.39, 0.29) is 0 Å². The first-order valence-electron chi connectivity index (χ1n) is 10.6. The molecule has 0 spiro atoms. The minimum atomic E-state index is 0.338. The third-order valence-corrected chi connectivity index (χ3v) is 5.92. The molecule has 150 valence electrons. The van der Waals surface area contributed by atoms with Crippen LogP contribution in [0.15, 0.2) is 47.6 Å². The van der Waals surface area contributed by atoms with Crippen LogP contribution >= 0.6 is 0 Å². The zero-order valence-corrected chi connectivity index (χ0v) is 17.8. The first-order chi connectivity index (χ1) is 13.5. The monoisotopic (exact) mass is 378 g/mol. The van der Waals surface area contributed by atoms with Crippen LogP contribution in [0.3, 0.4) is 0 Å². The number of ether oxygens (including phenoxy) is 1. The van der Waals surface area contributed by atoms with Gasteiger partial charge in [-0.05, 0) is 81.6 Å². The van der Waals surface area contributed by atoms with Gasteiger partial charge in [0, 0.05) is 0 Å². The van der Waals surface area contributed by atoms with Crippen molar-refractivity contribution in [3.05, 3.63) is 63.9 Å². The molecular weight excluding hydrogens is 344 g/mol. The number of hydrogen-bond donors (Lipinski definition) is 1. The number of aryl methyl sites for hydroxylation is 1. The maximum atomic E-state index is 6.32. The smallest absolute Gasteiger partial charge is 0.105 e. The van der Waals surface area contributed by atoms with Crippen molar-refractivity contribution in [1.82, 2.24) is 10.2 Å². The second kappa shape index (κ2) is 9.27. The Balaban J connectivity index is 1.94. The number of aromatic amines is 1. The van der Waals surface area contributed by atoms with Crippen molar-refractivity contribution >= 4 is 11.8 Å². The average Bonchev–Trinajstić information content (AvgIpc) is 2.93. The third-order valence-electron chi connectivity index (χ3n) is 5.92. The molecule has 0 amide bonds. The van der Waals surface area contributed by atoms with Gasteiger partial charge in [-0.3, -0.25) is 5.10 Å². The third kappa shape index (κ3) is 4.76. The predicted molar refractivity (Wildman–Crippen MR) is 118 cm³/mol. The molecule has 0 radical (unpaired) electrons. The molecule has 0 aromatic carbocycles. The van der Waals surface area contributed by atoms with Gasteiger partial charge in [-0.25, -0.2) is 0 Å². The maximum absolute atomic E-state index is 6.32. The summed E-state index contributed by atoms with van der Waals surface area (Å²) in [7, 11) is 0. The zero-order valence-electron chi connectivity index (χ0n) is 17.8. The van der Waals surface area contributed by atoms with E-state index in [9.17, 15) is 0 Å². The standard InChI is InChI=1S/C25H34N2O/c1-6-21-16-22(12-10-11-17(21)2)18(3)15-24-25(19(4)26-27-24)20(5)28-23-13-8-7-9-14-23/h6,10,12,15-17,23,27H,3,7-9,11,13-14H2,1-2,4-5H3. The van der Waals surface area contributed by atoms with Crippen LogP contribution in [0.25, 0.3) is 11.8 Å². The number of allylic oxidation sites excluding steroid dienone is 7. The summed E-state index contributed by atoms with van der Waals surface area (Å²) in [6, 6.07) is 0. The van der Waals surface area contributed by atoms with Crippen LogP contribution in [-0.4, -0.2) is 16.3 Å². The van der Waals surface area contributed by atoms with E-state index >= 15 is 0 Å². The Hall–Kier alpha value is -2.29. The van der Waals surface area contributed by atoms with Crippen LogP contribution in [0.4, 0.5) is 0 Å². The molecule has 0 saturated heterocycles. The van der Waals surface area contributed by atoms with Crippen LogP contribution in [-0.2, 0) is 4.74 Å². The fourth-order valence-corrected chi connectivity index (χ4v) is 4.22. The van der Waals surface area contributed by atoms with Crippen molar-refractivity contribution in [2.24, 2.45) is 5.92 Å². The largest absolute Gasteiger partial charge is 0.494 e. The van der Waals surface area contributed by atoms with Crippen molar-refractivity contribution in [2.75, 3.05) is 0 Å². The topological polar surface area (TPSA) is 37.9 Å². The lowest BCUT2D eigenvalue weighted by molar-refractivity contribution is 0.121. The Labute approximate surface area is 169 Å². The second-order valence-corrected chi connectivity index (χ2v) is 8.13. The lowest BCUT2D eigenvalue weighted by Gasteiger charge is -2.23. The van der Waals surface area contributed by atoms with E-state index in [2.05, 4.69) is 67.9 Å². The minimum Gasteiger partial charge on any atom is -0.494 e. The Morgan fingerprint density at radius 1 is 1.29 bits per heavy atom. The van der Waals surface area contributed by atoms with Gasteiger partial charge in [0.05, 0.1) is 22.4 Å². The first-order valence-corrected chi connectivity index (χ1v) is 10.6. The van der Waals surface area contributed by atoms with Gasteiger partial charge in [0.15, 0.2) is 0 Å². The number of hydrogen-bond acceptors (Lipinski definition) is 2. The van der Waals surface area contributed by atoms with Gasteiger partial charge < -0.3 is 4.74 Å². The Kier molecular flexibility index (Phi) is 6.77. The summed E-state index contributed by atoms with van der Waals surface area (Å²) in [4.78, 5) is 0. The summed E-state index contributed by atoms with van der Waals surface area (Å²) in [6.07, 6.45) is 18.6. The normalized spacial score (nSPS) is 24.1. The summed E-state index contributed by atoms with van der Waals surface area (Å²) in [5.41, 5.74) is 4.47. The second-order valence-electron chi connectivity index (χ2n) is 8.13. The molecule has 0 bridgehead atoms. The van der Waals surface area contributed by atoms with E-state index in [0.717, 1.165) is 52.4 Å². The quantitative estimate of drug-likeness (QED) is 0.800. The summed E-state index contributed by atoms with van der Waals surface area (Å²) < 4.78 is 6.32. The molecule has 1 saturated carbocycles. The zero-order chi connectivity index (χ0) is 20.1. The van der Waals surface area contributed by atoms with Gasteiger partial charge in [0.25, 0.3) is 0 Å². The van der Waals surface area contributed by atoms with E-state index in [1.807, 2.05) is 6.92 Å². The molecule has 0 aliphatic heterocycles. The van der Waals surface area contributed by atoms with Crippen molar-refractivity contribution in [1.29, 1.82) is 0 Å². The van der Waals surface area contributed by atoms with Crippen LogP contribution in [0.1, 0.15) is 65.0 Å². The van der Waals surface area contributed by atoms with Crippen LogP contribution < -0.4 is 10.6 Å². The van der Waals surface area contributed by atoms with Crippen molar-refractivity contribution in [3.63, 3.8) is 0 Å². The molecule has 3 nitrogen and oxygen atoms in total. The van der Waals surface area contributed by atoms with Gasteiger partial charge in [-0.2, -0.15) is 5.10 Å². The highest BCUT2D eigenvalue weighted by Crippen LogP contribution is 2.25. The highest BCUT2D eigenvalue weighted by Gasteiger charge is 2.16. The van der Waals surface area contributed by atoms with E-state index in [4.69, 9.17) is 4.74 Å².